The largest absolute Gasteiger partial charge is 0.481 e. The van der Waals surface area contributed by atoms with E-state index in [0.717, 1.165) is 35.1 Å². The predicted octanol–water partition coefficient (Wildman–Crippen LogP) is 3.33. The Morgan fingerprint density at radius 1 is 1.39 bits per heavy atom. The number of urea groups is 1. The minimum Gasteiger partial charge on any atom is -0.481 e. The van der Waals surface area contributed by atoms with Crippen LogP contribution in [0.1, 0.15) is 30.4 Å². The number of ether oxygens (including phenoxy) is 2. The Morgan fingerprint density at radius 3 is 3.03 bits per heavy atom. The van der Waals surface area contributed by atoms with Crippen LogP contribution in [0.5, 0.6) is 11.8 Å². The van der Waals surface area contributed by atoms with Gasteiger partial charge in [-0.2, -0.15) is 5.10 Å². The molecule has 172 valence electrons. The number of methoxy groups -OCH3 is 1. The van der Waals surface area contributed by atoms with Crippen molar-refractivity contribution in [3.63, 3.8) is 0 Å². The number of hydrogen-bond donors (Lipinski definition) is 2. The molecule has 3 aromatic rings. The quantitative estimate of drug-likeness (QED) is 0.603. The van der Waals surface area contributed by atoms with Gasteiger partial charge in [-0.15, -0.1) is 4.36 Å². The van der Waals surface area contributed by atoms with Gasteiger partial charge in [-0.3, -0.25) is 0 Å². The van der Waals surface area contributed by atoms with Gasteiger partial charge in [0.15, 0.2) is 9.92 Å². The van der Waals surface area contributed by atoms with Crippen LogP contribution < -0.4 is 19.9 Å². The van der Waals surface area contributed by atoms with Gasteiger partial charge in [0.1, 0.15) is 4.90 Å². The molecule has 2 atom stereocenters. The zero-order valence-electron chi connectivity index (χ0n) is 18.3. The van der Waals surface area contributed by atoms with Crippen LogP contribution >= 0.6 is 0 Å². The molecule has 0 saturated heterocycles. The van der Waals surface area contributed by atoms with E-state index in [9.17, 15) is 9.00 Å². The van der Waals surface area contributed by atoms with Crippen molar-refractivity contribution in [2.24, 2.45) is 9.50 Å². The van der Waals surface area contributed by atoms with Crippen molar-refractivity contribution < 1.29 is 18.5 Å². The monoisotopic (exact) mass is 468 g/mol. The highest BCUT2D eigenvalue weighted by Gasteiger charge is 2.29. The highest BCUT2D eigenvalue weighted by atomic mass is 32.2. The molecule has 1 aromatic carbocycles. The Hall–Kier alpha value is -3.44. The maximum Gasteiger partial charge on any atom is 0.354 e. The number of rotatable bonds is 4. The number of anilines is 1. The van der Waals surface area contributed by atoms with Crippen molar-refractivity contribution in [3.8, 4) is 22.9 Å². The minimum atomic E-state index is -3.56. The molecule has 0 saturated carbocycles. The van der Waals surface area contributed by atoms with E-state index in [-0.39, 0.29) is 10.8 Å². The van der Waals surface area contributed by atoms with E-state index in [2.05, 4.69) is 26.7 Å². The minimum absolute atomic E-state index is 0.117. The second kappa shape index (κ2) is 8.16. The molecule has 0 bridgehead atoms. The second-order valence-corrected chi connectivity index (χ2v) is 9.84. The van der Waals surface area contributed by atoms with Gasteiger partial charge in [0, 0.05) is 30.8 Å². The van der Waals surface area contributed by atoms with Crippen molar-refractivity contribution >= 4 is 21.6 Å². The van der Waals surface area contributed by atoms with Crippen LogP contribution in [0.25, 0.3) is 11.1 Å². The summed E-state index contributed by atoms with van der Waals surface area (Å²) in [6.07, 6.45) is 4.70. The molecule has 0 radical (unpaired) electrons. The van der Waals surface area contributed by atoms with Gasteiger partial charge < -0.3 is 14.8 Å². The van der Waals surface area contributed by atoms with Crippen molar-refractivity contribution in [2.75, 3.05) is 19.0 Å². The molecule has 3 heterocycles. The molecule has 0 spiro atoms. The normalized spacial score (nSPS) is 18.1. The summed E-state index contributed by atoms with van der Waals surface area (Å²) in [4.78, 5) is 17.2. The van der Waals surface area contributed by atoms with Crippen LogP contribution in [0, 0.1) is 0 Å². The molecule has 3 N–H and O–H groups in total. The Bertz CT molecular complexity index is 1380. The number of aromatic nitrogens is 3. The number of fused-ring (bicyclic) bond motifs is 2. The first-order chi connectivity index (χ1) is 15.9. The number of benzene rings is 1. The molecule has 10 nitrogen and oxygen atoms in total. The summed E-state index contributed by atoms with van der Waals surface area (Å²) in [7, 11) is -2.01. The van der Waals surface area contributed by atoms with E-state index in [0.29, 0.717) is 30.6 Å². The number of amides is 2. The highest BCUT2D eigenvalue weighted by molar-refractivity contribution is 7.91. The Labute approximate surface area is 191 Å². The van der Waals surface area contributed by atoms with Gasteiger partial charge in [-0.25, -0.2) is 23.8 Å². The average Bonchev–Trinajstić information content (AvgIpc) is 3.23. The fraction of sp³-hybridized carbons (Fsp3) is 0.318. The van der Waals surface area contributed by atoms with E-state index < -0.39 is 15.9 Å². The smallest absolute Gasteiger partial charge is 0.354 e. The summed E-state index contributed by atoms with van der Waals surface area (Å²) >= 11 is 0. The molecule has 33 heavy (non-hydrogen) atoms. The maximum absolute atomic E-state index is 13.2. The fourth-order valence-corrected chi connectivity index (χ4v) is 5.32. The zero-order valence-corrected chi connectivity index (χ0v) is 19.1. The first-order valence-electron chi connectivity index (χ1n) is 10.6. The Kier molecular flexibility index (Phi) is 5.29. The lowest BCUT2D eigenvalue weighted by molar-refractivity contribution is 0.224. The molecule has 0 fully saturated rings. The van der Waals surface area contributed by atoms with Gasteiger partial charge in [-0.05, 0) is 35.1 Å². The third kappa shape index (κ3) is 3.83. The predicted molar refractivity (Wildman–Crippen MR) is 123 cm³/mol. The van der Waals surface area contributed by atoms with Crippen molar-refractivity contribution in [3.05, 3.63) is 47.8 Å². The van der Waals surface area contributed by atoms with Gasteiger partial charge >= 0.3 is 6.03 Å². The topological polar surface area (TPSA) is 134 Å². The molecule has 5 rings (SSSR count). The first-order valence-corrected chi connectivity index (χ1v) is 12.2. The lowest BCUT2D eigenvalue weighted by Crippen LogP contribution is -2.23. The van der Waals surface area contributed by atoms with Crippen molar-refractivity contribution in [1.29, 1.82) is 0 Å². The lowest BCUT2D eigenvalue weighted by atomic mass is 9.76. The summed E-state index contributed by atoms with van der Waals surface area (Å²) in [5, 5.41) is 13.0. The van der Waals surface area contributed by atoms with E-state index >= 15 is 0 Å². The van der Waals surface area contributed by atoms with Crippen LogP contribution in [-0.4, -0.2) is 38.7 Å². The first kappa shape index (κ1) is 21.4. The van der Waals surface area contributed by atoms with E-state index in [1.807, 2.05) is 18.2 Å². The number of nitrogens with two attached hydrogens (primary N) is 1. The zero-order chi connectivity index (χ0) is 23.2. The Balaban J connectivity index is 1.53. The lowest BCUT2D eigenvalue weighted by Gasteiger charge is -2.31. The van der Waals surface area contributed by atoms with Crippen LogP contribution in [0.15, 0.2) is 45.9 Å². The number of aryl methyl sites for hydroxylation is 1. The molecule has 1 aliphatic carbocycles. The second-order valence-electron chi connectivity index (χ2n) is 8.08. The summed E-state index contributed by atoms with van der Waals surface area (Å²) < 4.78 is 29.4. The van der Waals surface area contributed by atoms with Gasteiger partial charge in [0.2, 0.25) is 11.8 Å². The molecular weight excluding hydrogens is 444 g/mol. The molecule has 2 aromatic heterocycles. The van der Waals surface area contributed by atoms with Gasteiger partial charge in [-0.1, -0.05) is 19.1 Å². The van der Waals surface area contributed by atoms with Crippen molar-refractivity contribution in [1.82, 2.24) is 14.8 Å². The van der Waals surface area contributed by atoms with Crippen molar-refractivity contribution in [2.45, 2.75) is 37.1 Å². The standard InChI is InChI=1S/C22H24N6O4S/c1-13-10-15-4-5-16(14-6-7-24-18(11-14)31-2)20(19(13)15)26-22(29)27-33(23,30)17-12-25-28-8-3-9-32-21(17)28/h4-7,11-13H,3,8-10H2,1-2H3,(H3,23,26,27,29,30)/t13-,33+/m1/s1. The van der Waals surface area contributed by atoms with Crippen LogP contribution in [-0.2, 0) is 22.9 Å². The number of carbonyl (C=O) groups excluding carboxylic acids is 1. The number of carbonyl (C=O) groups is 1. The summed E-state index contributed by atoms with van der Waals surface area (Å²) in [5.41, 5.74) is 4.42. The highest BCUT2D eigenvalue weighted by Crippen LogP contribution is 2.45. The SMILES string of the molecule is COc1cc(-c2ccc3c(c2NC(=O)N=[S@](N)(=O)c2cnn4c2OCCC4)[C@H](C)C3)ccn1. The third-order valence-electron chi connectivity index (χ3n) is 5.89. The van der Waals surface area contributed by atoms with Gasteiger partial charge in [0.05, 0.1) is 25.6 Å². The third-order valence-corrected chi connectivity index (χ3v) is 7.24. The van der Waals surface area contributed by atoms with E-state index in [1.165, 1.54) is 6.20 Å². The van der Waals surface area contributed by atoms with E-state index in [1.54, 1.807) is 24.1 Å². The Morgan fingerprint density at radius 2 is 2.24 bits per heavy atom. The number of nitrogens with one attached hydrogen (secondary N) is 1. The van der Waals surface area contributed by atoms with Gasteiger partial charge in [0.25, 0.3) is 0 Å². The maximum atomic E-state index is 13.2. The fourth-order valence-electron chi connectivity index (χ4n) is 4.32. The molecule has 1 aliphatic heterocycles. The average molecular weight is 469 g/mol. The van der Waals surface area contributed by atoms with Crippen LogP contribution in [0.3, 0.4) is 0 Å². The summed E-state index contributed by atoms with van der Waals surface area (Å²) in [6, 6.07) is 6.82. The number of pyridine rings is 1. The number of hydrogen-bond acceptors (Lipinski definition) is 6. The number of nitrogens with zero attached hydrogens (tertiary/aromatic N) is 4. The molecule has 2 aliphatic rings. The molecule has 2 amide bonds. The van der Waals surface area contributed by atoms with Crippen LogP contribution in [0.4, 0.5) is 10.5 Å². The summed E-state index contributed by atoms with van der Waals surface area (Å²) in [6.45, 7) is 3.19. The summed E-state index contributed by atoms with van der Waals surface area (Å²) in [5.74, 6) is 1.02. The van der Waals surface area contributed by atoms with Crippen LogP contribution in [0.2, 0.25) is 0 Å². The van der Waals surface area contributed by atoms with E-state index in [4.69, 9.17) is 14.6 Å². The molecule has 11 heteroatoms. The molecular formula is C22H24N6O4S. The molecule has 0 unspecified atom stereocenters.